The van der Waals surface area contributed by atoms with Crippen molar-refractivity contribution in [1.29, 1.82) is 0 Å². The van der Waals surface area contributed by atoms with E-state index in [2.05, 4.69) is 58.3 Å². The van der Waals surface area contributed by atoms with E-state index in [4.69, 9.17) is 11.6 Å². The van der Waals surface area contributed by atoms with Crippen LogP contribution in [-0.4, -0.2) is 10.0 Å². The lowest BCUT2D eigenvalue weighted by Crippen LogP contribution is -2.12. The predicted molar refractivity (Wildman–Crippen MR) is 117 cm³/mol. The van der Waals surface area contributed by atoms with E-state index in [-0.39, 0.29) is 15.3 Å². The second kappa shape index (κ2) is 10.0. The van der Waals surface area contributed by atoms with E-state index < -0.39 is 21.3 Å². The van der Waals surface area contributed by atoms with Gasteiger partial charge in [0.25, 0.3) is 0 Å². The minimum absolute atomic E-state index is 0.000463. The minimum atomic E-state index is -0.811. The number of nitrogens with one attached hydrogen (secondary N) is 1. The van der Waals surface area contributed by atoms with Crippen LogP contribution in [0.3, 0.4) is 0 Å². The Morgan fingerprint density at radius 1 is 1.03 bits per heavy atom. The number of hydrogen-bond donors (Lipinski definition) is 2. The van der Waals surface area contributed by atoms with Crippen molar-refractivity contribution >= 4 is 38.9 Å². The molecule has 0 aliphatic rings. The van der Waals surface area contributed by atoms with Crippen LogP contribution in [0, 0.1) is 10.1 Å². The maximum Gasteiger partial charge on any atom is 0.396 e. The van der Waals surface area contributed by atoms with E-state index in [1.165, 1.54) is 11.1 Å². The highest BCUT2D eigenvalue weighted by molar-refractivity contribution is 7.16. The van der Waals surface area contributed by atoms with E-state index in [0.717, 1.165) is 19.2 Å². The first-order valence-electron chi connectivity index (χ1n) is 8.83. The summed E-state index contributed by atoms with van der Waals surface area (Å²) in [7, 11) is 0. The van der Waals surface area contributed by atoms with E-state index in [1.807, 2.05) is 12.1 Å². The van der Waals surface area contributed by atoms with Gasteiger partial charge in [-0.25, -0.2) is 4.79 Å². The zero-order valence-corrected chi connectivity index (χ0v) is 17.2. The third-order valence-electron chi connectivity index (χ3n) is 4.05. The zero-order chi connectivity index (χ0) is 21.5. The average Bonchev–Trinajstić information content (AvgIpc) is 3.10. The van der Waals surface area contributed by atoms with Gasteiger partial charge in [0.1, 0.15) is 0 Å². The summed E-state index contributed by atoms with van der Waals surface area (Å²) in [6.07, 6.45) is 0. The lowest BCUT2D eigenvalue weighted by molar-refractivity contribution is -0.383. The summed E-state index contributed by atoms with van der Waals surface area (Å²) in [5, 5.41) is 23.2. The third-order valence-corrected chi connectivity index (χ3v) is 5.19. The third kappa shape index (κ3) is 5.44. The Bertz CT molecular complexity index is 1150. The highest BCUT2D eigenvalue weighted by Gasteiger charge is 2.25. The number of aromatic hydroxyl groups is 1. The van der Waals surface area contributed by atoms with Gasteiger partial charge in [-0.05, 0) is 22.5 Å². The number of phenols is 1. The summed E-state index contributed by atoms with van der Waals surface area (Å²) in [4.78, 5) is 20.0. The van der Waals surface area contributed by atoms with Crippen LogP contribution < -0.4 is 10.3 Å². The Morgan fingerprint density at radius 3 is 2.07 bits per heavy atom. The molecule has 7 nitrogen and oxygen atoms in total. The molecule has 0 atom stereocenters. The first-order valence-corrected chi connectivity index (χ1v) is 10.0. The lowest BCUT2D eigenvalue weighted by Gasteiger charge is -2.04. The van der Waals surface area contributed by atoms with Crippen molar-refractivity contribution in [2.75, 3.05) is 0 Å². The molecule has 2 N–H and O–H groups in total. The number of nitrogens with zero attached hydrogens (tertiary/aromatic N) is 1. The van der Waals surface area contributed by atoms with Crippen LogP contribution in [0.1, 0.15) is 11.1 Å². The summed E-state index contributed by atoms with van der Waals surface area (Å²) >= 11 is 6.08. The van der Waals surface area contributed by atoms with Crippen molar-refractivity contribution in [3.63, 3.8) is 0 Å². The first kappa shape index (κ1) is 21.5. The van der Waals surface area contributed by atoms with Crippen LogP contribution in [0.5, 0.6) is 5.75 Å². The second-order valence-electron chi connectivity index (χ2n) is 6.17. The molecule has 3 aromatic carbocycles. The second-order valence-corrected chi connectivity index (χ2v) is 7.52. The molecule has 30 heavy (non-hydrogen) atoms. The van der Waals surface area contributed by atoms with Crippen LogP contribution in [0.15, 0.2) is 75.9 Å². The van der Waals surface area contributed by atoms with Gasteiger partial charge in [-0.2, -0.15) is 0 Å². The Hall–Kier alpha value is -3.20. The van der Waals surface area contributed by atoms with Crippen LogP contribution in [0.2, 0.25) is 5.02 Å². The fourth-order valence-corrected chi connectivity index (χ4v) is 3.62. The molecule has 4 aromatic rings. The summed E-state index contributed by atoms with van der Waals surface area (Å²) in [6, 6.07) is 22.1. The van der Waals surface area contributed by atoms with Crippen molar-refractivity contribution in [2.24, 2.45) is 0 Å². The molecule has 1 heterocycles. The molecule has 0 spiro atoms. The van der Waals surface area contributed by atoms with Crippen LogP contribution >= 0.6 is 22.9 Å². The van der Waals surface area contributed by atoms with E-state index in [1.54, 1.807) is 0 Å². The number of hydrogen-bond acceptors (Lipinski definition) is 7. The SMILES string of the molecule is O=c1oc2cc(Cl)c(O)c([N+](=O)[O-])c2s1.c1ccc(CNCc2ccccc2)cc1. The molecule has 0 saturated carbocycles. The molecule has 0 amide bonds. The molecule has 0 bridgehead atoms. The molecule has 9 heteroatoms. The van der Waals surface area contributed by atoms with Gasteiger partial charge in [-0.1, -0.05) is 72.3 Å². The van der Waals surface area contributed by atoms with E-state index in [0.29, 0.717) is 11.3 Å². The maximum absolute atomic E-state index is 10.9. The van der Waals surface area contributed by atoms with Crippen LogP contribution in [-0.2, 0) is 13.1 Å². The van der Waals surface area contributed by atoms with E-state index in [9.17, 15) is 20.0 Å². The summed E-state index contributed by atoms with van der Waals surface area (Å²) in [5.74, 6) is -0.661. The topological polar surface area (TPSA) is 106 Å². The summed E-state index contributed by atoms with van der Waals surface area (Å²) < 4.78 is 4.64. The van der Waals surface area contributed by atoms with Gasteiger partial charge in [0.05, 0.1) is 9.95 Å². The molecule has 1 aromatic heterocycles. The number of nitro benzene ring substituents is 1. The molecule has 0 aliphatic heterocycles. The number of halogens is 1. The first-order chi connectivity index (χ1) is 14.5. The van der Waals surface area contributed by atoms with Gasteiger partial charge in [-0.15, -0.1) is 0 Å². The minimum Gasteiger partial charge on any atom is -0.501 e. The van der Waals surface area contributed by atoms with Gasteiger partial charge >= 0.3 is 10.6 Å². The number of nitro groups is 1. The van der Waals surface area contributed by atoms with E-state index >= 15 is 0 Å². The fraction of sp³-hybridized carbons (Fsp3) is 0.0952. The highest BCUT2D eigenvalue weighted by Crippen LogP contribution is 2.41. The van der Waals surface area contributed by atoms with Crippen molar-refractivity contribution in [1.82, 2.24) is 5.32 Å². The molecule has 154 valence electrons. The Labute approximate surface area is 180 Å². The Balaban J connectivity index is 0.000000171. The molecule has 0 saturated heterocycles. The number of phenolic OH excluding ortho intramolecular Hbond substituents is 1. The molecule has 4 rings (SSSR count). The average molecular weight is 445 g/mol. The Kier molecular flexibility index (Phi) is 7.18. The quantitative estimate of drug-likeness (QED) is 0.327. The fourth-order valence-electron chi connectivity index (χ4n) is 2.67. The smallest absolute Gasteiger partial charge is 0.396 e. The molecule has 0 unspecified atom stereocenters. The van der Waals surface area contributed by atoms with Gasteiger partial charge in [0, 0.05) is 19.2 Å². The highest BCUT2D eigenvalue weighted by atomic mass is 35.5. The van der Waals surface area contributed by atoms with Crippen molar-refractivity contribution in [2.45, 2.75) is 13.1 Å². The van der Waals surface area contributed by atoms with Gasteiger partial charge in [0.2, 0.25) is 5.75 Å². The molecule has 0 fully saturated rings. The van der Waals surface area contributed by atoms with Gasteiger partial charge < -0.3 is 14.8 Å². The predicted octanol–water partition coefficient (Wildman–Crippen LogP) is 5.10. The Morgan fingerprint density at radius 2 is 1.57 bits per heavy atom. The number of rotatable bonds is 5. The largest absolute Gasteiger partial charge is 0.501 e. The molecular weight excluding hydrogens is 428 g/mol. The molecule has 0 radical (unpaired) electrons. The number of benzene rings is 3. The zero-order valence-electron chi connectivity index (χ0n) is 15.6. The molecule has 0 aliphatic carbocycles. The summed E-state index contributed by atoms with van der Waals surface area (Å²) in [6.45, 7) is 1.85. The lowest BCUT2D eigenvalue weighted by atomic mass is 10.2. The van der Waals surface area contributed by atoms with Crippen molar-refractivity contribution < 1.29 is 14.4 Å². The van der Waals surface area contributed by atoms with Crippen molar-refractivity contribution in [3.8, 4) is 5.75 Å². The monoisotopic (exact) mass is 444 g/mol. The van der Waals surface area contributed by atoms with Crippen LogP contribution in [0.25, 0.3) is 10.3 Å². The van der Waals surface area contributed by atoms with Gasteiger partial charge in [0.15, 0.2) is 10.3 Å². The summed E-state index contributed by atoms with van der Waals surface area (Å²) in [5.41, 5.74) is 2.05. The maximum atomic E-state index is 10.9. The molecular formula is C21H17ClN2O5S. The normalized spacial score (nSPS) is 10.4. The van der Waals surface area contributed by atoms with Crippen molar-refractivity contribution in [3.05, 3.63) is 103 Å². The number of fused-ring (bicyclic) bond motifs is 1. The van der Waals surface area contributed by atoms with Gasteiger partial charge in [-0.3, -0.25) is 10.1 Å². The van der Waals surface area contributed by atoms with Crippen LogP contribution in [0.4, 0.5) is 5.69 Å². The standard InChI is InChI=1S/C14H15N.C7H2ClNO5S/c1-3-7-13(8-4-1)11-15-12-14-9-5-2-6-10-14;8-2-1-3-6(15-7(11)14-3)4(5(2)10)9(12)13/h1-10,15H,11-12H2;1,10H.